The minimum Gasteiger partial charge on any atom is -0.486 e. The summed E-state index contributed by atoms with van der Waals surface area (Å²) in [5, 5.41) is 11.9. The maximum atomic E-state index is 12.9. The number of hydrogen-bond donors (Lipinski definition) is 2. The van der Waals surface area contributed by atoms with Crippen LogP contribution in [0.3, 0.4) is 0 Å². The summed E-state index contributed by atoms with van der Waals surface area (Å²) in [6, 6.07) is 8.68. The number of rotatable bonds is 9. The largest absolute Gasteiger partial charge is 0.486 e. The molecule has 2 rings (SSSR count). The van der Waals surface area contributed by atoms with E-state index in [2.05, 4.69) is 5.32 Å². The number of furan rings is 1. The first-order chi connectivity index (χ1) is 12.4. The number of benzene rings is 1. The molecule has 0 spiro atoms. The number of hydrogen-bond acceptors (Lipinski definition) is 4. The van der Waals surface area contributed by atoms with Crippen molar-refractivity contribution in [1.29, 1.82) is 0 Å². The third-order valence-corrected chi connectivity index (χ3v) is 4.30. The third-order valence-electron chi connectivity index (χ3n) is 4.30. The maximum Gasteiger partial charge on any atom is 0.305 e. The van der Waals surface area contributed by atoms with Crippen LogP contribution >= 0.6 is 0 Å². The van der Waals surface area contributed by atoms with Crippen molar-refractivity contribution >= 4 is 11.9 Å². The highest BCUT2D eigenvalue weighted by Crippen LogP contribution is 2.21. The van der Waals surface area contributed by atoms with E-state index in [0.717, 1.165) is 0 Å². The van der Waals surface area contributed by atoms with E-state index < -0.39 is 17.4 Å². The van der Waals surface area contributed by atoms with Gasteiger partial charge in [-0.15, -0.1) is 0 Å². The van der Waals surface area contributed by atoms with Crippen molar-refractivity contribution in [3.8, 4) is 5.75 Å². The van der Waals surface area contributed by atoms with Gasteiger partial charge < -0.3 is 19.6 Å². The summed E-state index contributed by atoms with van der Waals surface area (Å²) in [4.78, 5) is 23.5. The minimum atomic E-state index is -0.971. The second kappa shape index (κ2) is 8.51. The molecule has 0 aliphatic carbocycles. The molecule has 6 nitrogen and oxygen atoms in total. The lowest BCUT2D eigenvalue weighted by Gasteiger charge is -2.30. The van der Waals surface area contributed by atoms with Gasteiger partial charge in [0.05, 0.1) is 12.0 Å². The van der Waals surface area contributed by atoms with Crippen LogP contribution in [0.2, 0.25) is 0 Å². The number of carbonyl (C=O) groups excluding carboxylic acids is 1. The Balaban J connectivity index is 2.00. The molecule has 0 saturated heterocycles. The van der Waals surface area contributed by atoms with Gasteiger partial charge >= 0.3 is 5.97 Å². The van der Waals surface area contributed by atoms with Crippen LogP contribution in [-0.2, 0) is 11.4 Å². The highest BCUT2D eigenvalue weighted by atomic mass is 19.1. The van der Waals surface area contributed by atoms with E-state index in [9.17, 15) is 14.0 Å². The van der Waals surface area contributed by atoms with Crippen LogP contribution in [0.4, 0.5) is 4.39 Å². The van der Waals surface area contributed by atoms with Crippen LogP contribution in [-0.4, -0.2) is 22.5 Å². The Morgan fingerprint density at radius 2 is 1.81 bits per heavy atom. The third kappa shape index (κ3) is 5.08. The van der Waals surface area contributed by atoms with E-state index in [4.69, 9.17) is 14.3 Å². The first-order valence-corrected chi connectivity index (χ1v) is 8.39. The van der Waals surface area contributed by atoms with Gasteiger partial charge in [0.25, 0.3) is 5.91 Å². The molecule has 1 amide bonds. The number of halogens is 1. The summed E-state index contributed by atoms with van der Waals surface area (Å²) < 4.78 is 23.8. The topological polar surface area (TPSA) is 88.8 Å². The van der Waals surface area contributed by atoms with Gasteiger partial charge in [-0.25, -0.2) is 4.39 Å². The van der Waals surface area contributed by atoms with Gasteiger partial charge in [0.15, 0.2) is 5.76 Å². The molecule has 0 atom stereocenters. The lowest BCUT2D eigenvalue weighted by molar-refractivity contribution is -0.138. The Bertz CT molecular complexity index is 750. The molecule has 1 heterocycles. The molecule has 0 radical (unpaired) electrons. The van der Waals surface area contributed by atoms with Crippen molar-refractivity contribution in [2.45, 2.75) is 45.3 Å². The van der Waals surface area contributed by atoms with Gasteiger partial charge in [0.1, 0.15) is 23.9 Å². The van der Waals surface area contributed by atoms with Gasteiger partial charge in [0.2, 0.25) is 0 Å². The molecule has 0 saturated carbocycles. The summed E-state index contributed by atoms with van der Waals surface area (Å²) in [6.45, 7) is 3.74. The number of nitrogens with one attached hydrogen (secondary N) is 1. The second-order valence-corrected chi connectivity index (χ2v) is 6.02. The van der Waals surface area contributed by atoms with Crippen LogP contribution in [0.15, 0.2) is 40.8 Å². The number of amides is 1. The molecule has 26 heavy (non-hydrogen) atoms. The van der Waals surface area contributed by atoms with Crippen molar-refractivity contribution < 1.29 is 28.2 Å². The van der Waals surface area contributed by atoms with Crippen LogP contribution in [0.25, 0.3) is 0 Å². The minimum absolute atomic E-state index is 0.0827. The molecule has 0 unspecified atom stereocenters. The van der Waals surface area contributed by atoms with Crippen molar-refractivity contribution in [3.63, 3.8) is 0 Å². The van der Waals surface area contributed by atoms with E-state index in [1.165, 1.54) is 30.3 Å². The molecule has 1 aromatic carbocycles. The zero-order valence-corrected chi connectivity index (χ0v) is 14.8. The zero-order valence-electron chi connectivity index (χ0n) is 14.8. The fraction of sp³-hybridized carbons (Fsp3) is 0.368. The highest BCUT2D eigenvalue weighted by molar-refractivity contribution is 5.92. The summed E-state index contributed by atoms with van der Waals surface area (Å²) in [6.07, 6.45) is 0.818. The summed E-state index contributed by atoms with van der Waals surface area (Å²) in [7, 11) is 0. The average molecular weight is 363 g/mol. The Morgan fingerprint density at radius 1 is 1.15 bits per heavy atom. The van der Waals surface area contributed by atoms with Gasteiger partial charge in [-0.2, -0.15) is 0 Å². The molecule has 0 bridgehead atoms. The lowest BCUT2D eigenvalue weighted by Crippen LogP contribution is -2.49. The molecule has 140 valence electrons. The maximum absolute atomic E-state index is 12.9. The summed E-state index contributed by atoms with van der Waals surface area (Å²) in [5.41, 5.74) is -0.819. The van der Waals surface area contributed by atoms with Gasteiger partial charge in [-0.3, -0.25) is 9.59 Å². The van der Waals surface area contributed by atoms with Gasteiger partial charge in [0, 0.05) is 0 Å². The van der Waals surface area contributed by atoms with E-state index in [1.807, 2.05) is 13.8 Å². The highest BCUT2D eigenvalue weighted by Gasteiger charge is 2.32. The van der Waals surface area contributed by atoms with Crippen molar-refractivity contribution in [1.82, 2.24) is 5.32 Å². The smallest absolute Gasteiger partial charge is 0.305 e. The fourth-order valence-electron chi connectivity index (χ4n) is 2.58. The Hall–Kier alpha value is -2.83. The van der Waals surface area contributed by atoms with Gasteiger partial charge in [-0.05, 0) is 49.2 Å². The van der Waals surface area contributed by atoms with Crippen LogP contribution in [0, 0.1) is 5.82 Å². The second-order valence-electron chi connectivity index (χ2n) is 6.02. The SMILES string of the molecule is CCC(CC)(CC(=O)O)NC(=O)c1ccc(COc2ccc(F)cc2)o1. The Kier molecular flexibility index (Phi) is 6.38. The van der Waals surface area contributed by atoms with Crippen LogP contribution in [0.1, 0.15) is 49.4 Å². The molecule has 0 aliphatic rings. The zero-order chi connectivity index (χ0) is 19.2. The van der Waals surface area contributed by atoms with Crippen molar-refractivity contribution in [2.24, 2.45) is 0 Å². The molecule has 2 N–H and O–H groups in total. The molecular weight excluding hydrogens is 341 g/mol. The van der Waals surface area contributed by atoms with E-state index in [0.29, 0.717) is 24.4 Å². The Morgan fingerprint density at radius 3 is 2.38 bits per heavy atom. The van der Waals surface area contributed by atoms with E-state index >= 15 is 0 Å². The average Bonchev–Trinajstić information content (AvgIpc) is 3.09. The quantitative estimate of drug-likeness (QED) is 0.708. The summed E-state index contributed by atoms with van der Waals surface area (Å²) >= 11 is 0. The van der Waals surface area contributed by atoms with E-state index in [1.54, 1.807) is 6.07 Å². The first kappa shape index (κ1) is 19.5. The monoisotopic (exact) mass is 363 g/mol. The number of carboxylic acids is 1. The van der Waals surface area contributed by atoms with Crippen LogP contribution in [0.5, 0.6) is 5.75 Å². The van der Waals surface area contributed by atoms with Gasteiger partial charge in [-0.1, -0.05) is 13.8 Å². The lowest BCUT2D eigenvalue weighted by atomic mass is 9.89. The molecule has 0 aliphatic heterocycles. The molecular formula is C19H22FNO5. The standard InChI is InChI=1S/C19H22FNO5/c1-3-19(4-2,11-17(22)23)21-18(24)16-10-9-15(26-16)12-25-14-7-5-13(20)6-8-14/h5-10H,3-4,11-12H2,1-2H3,(H,21,24)(H,22,23). The first-order valence-electron chi connectivity index (χ1n) is 8.39. The number of ether oxygens (including phenoxy) is 1. The molecule has 2 aromatic rings. The number of carboxylic acid groups (broad SMARTS) is 1. The predicted octanol–water partition coefficient (Wildman–Crippen LogP) is 3.76. The number of carbonyl (C=O) groups is 2. The normalized spacial score (nSPS) is 11.2. The number of aliphatic carboxylic acids is 1. The Labute approximate surface area is 151 Å². The molecule has 1 aromatic heterocycles. The fourth-order valence-corrected chi connectivity index (χ4v) is 2.58. The van der Waals surface area contributed by atoms with E-state index in [-0.39, 0.29) is 24.6 Å². The predicted molar refractivity (Wildman–Crippen MR) is 92.5 cm³/mol. The summed E-state index contributed by atoms with van der Waals surface area (Å²) in [5.74, 6) is -0.808. The van der Waals surface area contributed by atoms with Crippen molar-refractivity contribution in [3.05, 3.63) is 53.7 Å². The van der Waals surface area contributed by atoms with Crippen molar-refractivity contribution in [2.75, 3.05) is 0 Å². The molecule has 7 heteroatoms. The molecule has 0 fully saturated rings. The van der Waals surface area contributed by atoms with Crippen LogP contribution < -0.4 is 10.1 Å².